The minimum Gasteiger partial charge on any atom is -0.444 e. The molecule has 0 bridgehead atoms. The number of pyridine rings is 1. The number of aromatic nitrogens is 1. The zero-order valence-corrected chi connectivity index (χ0v) is 23.3. The fourth-order valence-corrected chi connectivity index (χ4v) is 4.76. The van der Waals surface area contributed by atoms with E-state index in [1.54, 1.807) is 62.9 Å². The fraction of sp³-hybridized carbons (Fsp3) is 0.462. The number of nitrogens with zero attached hydrogens (tertiary/aromatic N) is 2. The summed E-state index contributed by atoms with van der Waals surface area (Å²) in [5.41, 5.74) is 1.46. The zero-order chi connectivity index (χ0) is 28.3. The van der Waals surface area contributed by atoms with Gasteiger partial charge in [0.25, 0.3) is 0 Å². The first kappa shape index (κ1) is 28.9. The number of piperidine rings is 1. The number of anilines is 3. The van der Waals surface area contributed by atoms with Crippen LogP contribution in [0.3, 0.4) is 0 Å². The van der Waals surface area contributed by atoms with Crippen LogP contribution < -0.4 is 15.4 Å². The summed E-state index contributed by atoms with van der Waals surface area (Å²) in [6, 6.07) is 8.08. The molecule has 12 heteroatoms. The smallest absolute Gasteiger partial charge is 0.413 e. The van der Waals surface area contributed by atoms with Crippen LogP contribution in [0.15, 0.2) is 36.5 Å². The van der Waals surface area contributed by atoms with Crippen LogP contribution >= 0.6 is 0 Å². The quantitative estimate of drug-likeness (QED) is 0.480. The Labute approximate surface area is 223 Å². The number of sulfonamides is 1. The second kappa shape index (κ2) is 11.4. The molecule has 3 rings (SSSR count). The first-order chi connectivity index (χ1) is 17.6. The first-order valence-electron chi connectivity index (χ1n) is 12.3. The minimum absolute atomic E-state index is 0.219. The molecule has 38 heavy (non-hydrogen) atoms. The van der Waals surface area contributed by atoms with Crippen molar-refractivity contribution in [3.8, 4) is 0 Å². The second-order valence-electron chi connectivity index (χ2n) is 10.6. The lowest BCUT2D eigenvalue weighted by Gasteiger charge is -2.38. The molecule has 1 aliphatic rings. The molecular formula is C26H35N5O6S. The summed E-state index contributed by atoms with van der Waals surface area (Å²) in [4.78, 5) is 44.0. The number of ether oxygens (including phenoxy) is 1. The molecule has 0 unspecified atom stereocenters. The summed E-state index contributed by atoms with van der Waals surface area (Å²) in [5, 5.41) is 5.18. The average molecular weight is 546 g/mol. The molecule has 3 N–H and O–H groups in total. The van der Waals surface area contributed by atoms with Crippen LogP contribution in [0.4, 0.5) is 22.0 Å². The molecule has 2 aromatic rings. The zero-order valence-electron chi connectivity index (χ0n) is 22.5. The van der Waals surface area contributed by atoms with E-state index in [9.17, 15) is 22.8 Å². The van der Waals surface area contributed by atoms with Crippen molar-refractivity contribution >= 4 is 45.1 Å². The van der Waals surface area contributed by atoms with Crippen LogP contribution in [-0.4, -0.2) is 54.6 Å². The standard InChI is InChI=1S/C26H35N5O6S/c1-16-7-12-21(18-8-10-19(11-9-18)30-38(6,35)36)31(15-16)24(33)23(32)28-20-13-17(2)22(27-14-20)29-25(34)37-26(3,4)5/h8-11,13-14,16,21,30H,7,12,15H2,1-6H3,(H,28,32)(H,27,29,34)/t16-,21+/m1/s1. The monoisotopic (exact) mass is 545 g/mol. The Morgan fingerprint density at radius 1 is 1.05 bits per heavy atom. The third kappa shape index (κ3) is 8.17. The van der Waals surface area contributed by atoms with Crippen molar-refractivity contribution in [3.63, 3.8) is 0 Å². The SMILES string of the molecule is Cc1cc(NC(=O)C(=O)N2C[C@H](C)CC[C@H]2c2ccc(NS(C)(=O)=O)cc2)cnc1NC(=O)OC(C)(C)C. The normalized spacial score (nSPS) is 17.9. The van der Waals surface area contributed by atoms with Crippen LogP contribution in [0.5, 0.6) is 0 Å². The van der Waals surface area contributed by atoms with Gasteiger partial charge in [0.05, 0.1) is 24.2 Å². The van der Waals surface area contributed by atoms with Crippen LogP contribution in [0.25, 0.3) is 0 Å². The highest BCUT2D eigenvalue weighted by Gasteiger charge is 2.34. The van der Waals surface area contributed by atoms with Gasteiger partial charge in [-0.15, -0.1) is 0 Å². The molecule has 1 aromatic heterocycles. The van der Waals surface area contributed by atoms with Crippen molar-refractivity contribution in [2.24, 2.45) is 5.92 Å². The van der Waals surface area contributed by atoms with Crippen molar-refractivity contribution in [2.45, 2.75) is 59.1 Å². The summed E-state index contributed by atoms with van der Waals surface area (Å²) in [6.07, 6.45) is 3.34. The van der Waals surface area contributed by atoms with E-state index in [4.69, 9.17) is 4.74 Å². The summed E-state index contributed by atoms with van der Waals surface area (Å²) >= 11 is 0. The lowest BCUT2D eigenvalue weighted by Crippen LogP contribution is -2.46. The van der Waals surface area contributed by atoms with E-state index in [1.807, 2.05) is 6.92 Å². The number of rotatable bonds is 5. The topological polar surface area (TPSA) is 147 Å². The molecule has 3 amide bonds. The summed E-state index contributed by atoms with van der Waals surface area (Å²) in [7, 11) is -3.41. The van der Waals surface area contributed by atoms with E-state index in [1.165, 1.54) is 6.20 Å². The van der Waals surface area contributed by atoms with E-state index < -0.39 is 33.5 Å². The molecule has 1 saturated heterocycles. The number of carbonyl (C=O) groups excluding carboxylic acids is 3. The number of hydrogen-bond acceptors (Lipinski definition) is 7. The third-order valence-corrected chi connectivity index (χ3v) is 6.43. The van der Waals surface area contributed by atoms with Crippen molar-refractivity contribution in [1.29, 1.82) is 0 Å². The Bertz CT molecular complexity index is 1300. The summed E-state index contributed by atoms with van der Waals surface area (Å²) in [5.74, 6) is -0.972. The number of carbonyl (C=O) groups is 3. The molecule has 0 saturated carbocycles. The Hall–Kier alpha value is -3.67. The van der Waals surface area contributed by atoms with E-state index >= 15 is 0 Å². The van der Waals surface area contributed by atoms with Gasteiger partial charge in [0, 0.05) is 12.2 Å². The van der Waals surface area contributed by atoms with E-state index in [0.717, 1.165) is 18.2 Å². The van der Waals surface area contributed by atoms with Gasteiger partial charge in [0.15, 0.2) is 0 Å². The molecule has 206 valence electrons. The number of benzene rings is 1. The molecule has 2 atom stereocenters. The van der Waals surface area contributed by atoms with Gasteiger partial charge >= 0.3 is 17.9 Å². The van der Waals surface area contributed by atoms with Gasteiger partial charge < -0.3 is 15.0 Å². The molecule has 0 radical (unpaired) electrons. The highest BCUT2D eigenvalue weighted by atomic mass is 32.2. The number of aryl methyl sites for hydroxylation is 1. The first-order valence-corrected chi connectivity index (χ1v) is 14.2. The second-order valence-corrected chi connectivity index (χ2v) is 12.4. The maximum Gasteiger partial charge on any atom is 0.413 e. The maximum absolute atomic E-state index is 13.2. The van der Waals surface area contributed by atoms with Gasteiger partial charge in [0.1, 0.15) is 11.4 Å². The van der Waals surface area contributed by atoms with Crippen LogP contribution in [0, 0.1) is 12.8 Å². The van der Waals surface area contributed by atoms with E-state index in [2.05, 4.69) is 20.3 Å². The van der Waals surface area contributed by atoms with Crippen molar-refractivity contribution < 1.29 is 27.5 Å². The molecule has 0 spiro atoms. The minimum atomic E-state index is -3.41. The summed E-state index contributed by atoms with van der Waals surface area (Å²) in [6.45, 7) is 9.40. The van der Waals surface area contributed by atoms with Crippen molar-refractivity contribution in [3.05, 3.63) is 47.7 Å². The number of amides is 3. The largest absolute Gasteiger partial charge is 0.444 e. The highest BCUT2D eigenvalue weighted by Crippen LogP contribution is 2.34. The Morgan fingerprint density at radius 2 is 1.71 bits per heavy atom. The van der Waals surface area contributed by atoms with E-state index in [0.29, 0.717) is 29.9 Å². The maximum atomic E-state index is 13.2. The van der Waals surface area contributed by atoms with Gasteiger partial charge in [-0.05, 0) is 75.8 Å². The van der Waals surface area contributed by atoms with Crippen molar-refractivity contribution in [2.75, 3.05) is 28.2 Å². The molecule has 1 aliphatic heterocycles. The predicted molar refractivity (Wildman–Crippen MR) is 145 cm³/mol. The lowest BCUT2D eigenvalue weighted by molar-refractivity contribution is -0.146. The molecule has 1 fully saturated rings. The Balaban J connectivity index is 1.71. The van der Waals surface area contributed by atoms with Gasteiger partial charge in [-0.3, -0.25) is 19.6 Å². The van der Waals surface area contributed by atoms with Crippen molar-refractivity contribution in [1.82, 2.24) is 9.88 Å². The van der Waals surface area contributed by atoms with Gasteiger partial charge in [-0.25, -0.2) is 18.2 Å². The molecule has 1 aromatic carbocycles. The Morgan fingerprint density at radius 3 is 2.29 bits per heavy atom. The van der Waals surface area contributed by atoms with Gasteiger partial charge in [-0.2, -0.15) is 0 Å². The van der Waals surface area contributed by atoms with Crippen LogP contribution in [0.2, 0.25) is 0 Å². The van der Waals surface area contributed by atoms with Crippen LogP contribution in [0.1, 0.15) is 57.7 Å². The predicted octanol–water partition coefficient (Wildman–Crippen LogP) is 4.05. The average Bonchev–Trinajstić information content (AvgIpc) is 2.78. The number of nitrogens with one attached hydrogen (secondary N) is 3. The lowest BCUT2D eigenvalue weighted by atomic mass is 9.89. The van der Waals surface area contributed by atoms with Gasteiger partial charge in [0.2, 0.25) is 10.0 Å². The third-order valence-electron chi connectivity index (χ3n) is 5.83. The number of likely N-dealkylation sites (tertiary alicyclic amines) is 1. The van der Waals surface area contributed by atoms with Crippen LogP contribution in [-0.2, 0) is 24.3 Å². The molecule has 0 aliphatic carbocycles. The number of hydrogen-bond donors (Lipinski definition) is 3. The summed E-state index contributed by atoms with van der Waals surface area (Å²) < 4.78 is 30.6. The highest BCUT2D eigenvalue weighted by molar-refractivity contribution is 7.92. The Kier molecular flexibility index (Phi) is 8.65. The van der Waals surface area contributed by atoms with E-state index in [-0.39, 0.29) is 17.8 Å². The molecular weight excluding hydrogens is 510 g/mol. The molecule has 11 nitrogen and oxygen atoms in total. The molecule has 2 heterocycles. The fourth-order valence-electron chi connectivity index (χ4n) is 4.20. The van der Waals surface area contributed by atoms with Gasteiger partial charge in [-0.1, -0.05) is 19.1 Å².